The van der Waals surface area contributed by atoms with Crippen LogP contribution < -0.4 is 20.4 Å². The predicted molar refractivity (Wildman–Crippen MR) is 220 cm³/mol. The smallest absolute Gasteiger partial charge is 0.320 e. The summed E-state index contributed by atoms with van der Waals surface area (Å²) in [6, 6.07) is 8.79. The number of halogens is 2. The lowest BCUT2D eigenvalue weighted by Crippen LogP contribution is -2.71. The monoisotopic (exact) mass is 826 g/mol. The summed E-state index contributed by atoms with van der Waals surface area (Å²) in [5, 5.41) is 24.6. The highest BCUT2D eigenvalue weighted by atomic mass is 19.1. The second-order valence-electron chi connectivity index (χ2n) is 17.9. The van der Waals surface area contributed by atoms with Crippen LogP contribution in [0.15, 0.2) is 36.4 Å². The SMILES string of the molecule is CC[C@]12CNc3nnc(-c4cc(F)cc(F)c4O)cc3N1CCN(C(=O)N1CCN(CC3CCN(c4ccc5c(c4)C(=O)N([C@H]4CCC(=O)NC4=O)C5)CC3)CC1(C)C)C2. The van der Waals surface area contributed by atoms with E-state index in [1.54, 1.807) is 11.0 Å². The van der Waals surface area contributed by atoms with E-state index in [9.17, 15) is 33.1 Å². The summed E-state index contributed by atoms with van der Waals surface area (Å²) in [5.41, 5.74) is 2.49. The van der Waals surface area contributed by atoms with Crippen molar-refractivity contribution in [3.05, 3.63) is 59.2 Å². The Balaban J connectivity index is 0.796. The first-order valence-corrected chi connectivity index (χ1v) is 21.1. The summed E-state index contributed by atoms with van der Waals surface area (Å²) in [6.45, 7) is 13.7. The Morgan fingerprint density at radius 1 is 0.933 bits per heavy atom. The molecule has 318 valence electrons. The van der Waals surface area contributed by atoms with Gasteiger partial charge < -0.3 is 34.9 Å². The number of imide groups is 1. The summed E-state index contributed by atoms with van der Waals surface area (Å²) < 4.78 is 28.4. The molecule has 6 aliphatic heterocycles. The van der Waals surface area contributed by atoms with Gasteiger partial charge in [-0.1, -0.05) is 13.0 Å². The number of piperazine rings is 2. The number of anilines is 3. The van der Waals surface area contributed by atoms with Gasteiger partial charge in [-0.25, -0.2) is 13.6 Å². The second kappa shape index (κ2) is 15.2. The van der Waals surface area contributed by atoms with Crippen molar-refractivity contribution in [2.75, 3.05) is 80.6 Å². The molecule has 7 heterocycles. The second-order valence-corrected chi connectivity index (χ2v) is 17.9. The first kappa shape index (κ1) is 39.9. The quantitative estimate of drug-likeness (QED) is 0.309. The topological polar surface area (TPSA) is 158 Å². The molecular weight excluding hydrogens is 775 g/mol. The Bertz CT molecular complexity index is 2250. The first-order chi connectivity index (χ1) is 28.7. The molecule has 15 nitrogen and oxygen atoms in total. The van der Waals surface area contributed by atoms with Gasteiger partial charge in [0.05, 0.1) is 22.5 Å². The molecule has 0 spiro atoms. The molecule has 0 saturated carbocycles. The Labute approximate surface area is 347 Å². The molecule has 4 saturated heterocycles. The molecule has 6 aliphatic rings. The van der Waals surface area contributed by atoms with Crippen LogP contribution in [-0.4, -0.2) is 141 Å². The van der Waals surface area contributed by atoms with Gasteiger partial charge in [0.15, 0.2) is 17.4 Å². The van der Waals surface area contributed by atoms with Crippen molar-refractivity contribution in [1.82, 2.24) is 35.1 Å². The lowest BCUT2D eigenvalue weighted by molar-refractivity contribution is -0.136. The van der Waals surface area contributed by atoms with Crippen molar-refractivity contribution >= 4 is 40.9 Å². The molecule has 4 fully saturated rings. The number of phenolic OH excluding ortho intramolecular Hbond substituents is 1. The number of fused-ring (bicyclic) bond motifs is 4. The minimum atomic E-state index is -1.07. The number of carbonyl (C=O) groups is 4. The number of aromatic nitrogens is 2. The highest BCUT2D eigenvalue weighted by Crippen LogP contribution is 2.42. The van der Waals surface area contributed by atoms with Crippen LogP contribution >= 0.6 is 0 Å². The third-order valence-corrected chi connectivity index (χ3v) is 13.8. The molecule has 2 atom stereocenters. The van der Waals surface area contributed by atoms with Gasteiger partial charge in [-0.15, -0.1) is 10.2 Å². The number of nitrogens with zero attached hydrogens (tertiary/aromatic N) is 8. The van der Waals surface area contributed by atoms with E-state index in [4.69, 9.17) is 0 Å². The average molecular weight is 827 g/mol. The fraction of sp³-hybridized carbons (Fsp3) is 0.535. The molecule has 9 rings (SSSR count). The number of rotatable bonds is 6. The maximum atomic E-state index is 14.4. The van der Waals surface area contributed by atoms with E-state index in [1.165, 1.54) is 0 Å². The Morgan fingerprint density at radius 3 is 2.48 bits per heavy atom. The summed E-state index contributed by atoms with van der Waals surface area (Å²) >= 11 is 0. The molecule has 3 N–H and O–H groups in total. The molecule has 0 unspecified atom stereocenters. The first-order valence-electron chi connectivity index (χ1n) is 21.1. The fourth-order valence-corrected chi connectivity index (χ4v) is 10.4. The molecule has 1 aromatic heterocycles. The highest BCUT2D eigenvalue weighted by molar-refractivity contribution is 6.05. The van der Waals surface area contributed by atoms with E-state index in [1.807, 2.05) is 21.9 Å². The summed E-state index contributed by atoms with van der Waals surface area (Å²) in [5.74, 6) is -2.39. The average Bonchev–Trinajstić information content (AvgIpc) is 3.56. The number of amides is 5. The van der Waals surface area contributed by atoms with Gasteiger partial charge in [-0.2, -0.15) is 0 Å². The molecule has 60 heavy (non-hydrogen) atoms. The minimum absolute atomic E-state index is 0.0213. The van der Waals surface area contributed by atoms with Gasteiger partial charge in [0.2, 0.25) is 11.8 Å². The van der Waals surface area contributed by atoms with Crippen molar-refractivity contribution in [2.45, 2.75) is 76.5 Å². The van der Waals surface area contributed by atoms with Gasteiger partial charge >= 0.3 is 6.03 Å². The zero-order valence-corrected chi connectivity index (χ0v) is 34.3. The number of hydrogen-bond donors (Lipinski definition) is 3. The zero-order chi connectivity index (χ0) is 42.1. The van der Waals surface area contributed by atoms with Crippen LogP contribution in [-0.2, 0) is 16.1 Å². The van der Waals surface area contributed by atoms with E-state index in [0.29, 0.717) is 74.7 Å². The van der Waals surface area contributed by atoms with Crippen LogP contribution in [0.25, 0.3) is 11.3 Å². The molecule has 2 aromatic carbocycles. The number of benzene rings is 2. The summed E-state index contributed by atoms with van der Waals surface area (Å²) in [4.78, 5) is 64.6. The van der Waals surface area contributed by atoms with Crippen molar-refractivity contribution in [3.8, 4) is 17.0 Å². The minimum Gasteiger partial charge on any atom is -0.504 e. The summed E-state index contributed by atoms with van der Waals surface area (Å²) in [6.07, 6.45) is 3.33. The number of piperidine rings is 2. The highest BCUT2D eigenvalue weighted by Gasteiger charge is 2.48. The largest absolute Gasteiger partial charge is 0.504 e. The van der Waals surface area contributed by atoms with Crippen LogP contribution in [0.2, 0.25) is 0 Å². The van der Waals surface area contributed by atoms with E-state index in [2.05, 4.69) is 62.4 Å². The van der Waals surface area contributed by atoms with Gasteiger partial charge in [0, 0.05) is 101 Å². The zero-order valence-electron chi connectivity index (χ0n) is 34.3. The fourth-order valence-electron chi connectivity index (χ4n) is 10.4. The number of carbonyl (C=O) groups excluding carboxylic acids is 4. The van der Waals surface area contributed by atoms with Crippen molar-refractivity contribution in [1.29, 1.82) is 0 Å². The molecule has 0 aliphatic carbocycles. The van der Waals surface area contributed by atoms with Crippen LogP contribution in [0.3, 0.4) is 0 Å². The number of urea groups is 1. The third kappa shape index (κ3) is 7.03. The number of aromatic hydroxyl groups is 1. The van der Waals surface area contributed by atoms with Crippen LogP contribution in [0.4, 0.5) is 30.8 Å². The van der Waals surface area contributed by atoms with Crippen molar-refractivity contribution < 1.29 is 33.1 Å². The molecule has 17 heteroatoms. The van der Waals surface area contributed by atoms with Crippen LogP contribution in [0.1, 0.15) is 68.8 Å². The summed E-state index contributed by atoms with van der Waals surface area (Å²) in [7, 11) is 0. The maximum Gasteiger partial charge on any atom is 0.320 e. The third-order valence-electron chi connectivity index (χ3n) is 13.8. The molecule has 5 amide bonds. The van der Waals surface area contributed by atoms with Crippen LogP contribution in [0.5, 0.6) is 5.75 Å². The number of phenols is 1. The van der Waals surface area contributed by atoms with E-state index in [0.717, 1.165) is 69.3 Å². The van der Waals surface area contributed by atoms with E-state index in [-0.39, 0.29) is 35.5 Å². The molecule has 0 radical (unpaired) electrons. The predicted octanol–water partition coefficient (Wildman–Crippen LogP) is 4.02. The number of nitrogens with one attached hydrogen (secondary N) is 2. The number of hydrogen-bond acceptors (Lipinski definition) is 11. The lowest BCUT2D eigenvalue weighted by Gasteiger charge is -2.56. The van der Waals surface area contributed by atoms with Gasteiger partial charge in [-0.05, 0) is 75.3 Å². The van der Waals surface area contributed by atoms with Crippen molar-refractivity contribution in [2.24, 2.45) is 5.92 Å². The van der Waals surface area contributed by atoms with Gasteiger partial charge in [0.25, 0.3) is 5.91 Å². The Morgan fingerprint density at radius 2 is 1.73 bits per heavy atom. The molecular formula is C43H52F2N10O5. The molecule has 0 bridgehead atoms. The molecule has 3 aromatic rings. The van der Waals surface area contributed by atoms with Gasteiger partial charge in [0.1, 0.15) is 11.9 Å². The van der Waals surface area contributed by atoms with Crippen molar-refractivity contribution in [3.63, 3.8) is 0 Å². The van der Waals surface area contributed by atoms with E-state index < -0.39 is 40.4 Å². The van der Waals surface area contributed by atoms with E-state index >= 15 is 0 Å². The Kier molecular flexibility index (Phi) is 10.1. The Hall–Kier alpha value is -5.58. The lowest BCUT2D eigenvalue weighted by atomic mass is 9.87. The van der Waals surface area contributed by atoms with Crippen LogP contribution in [0, 0.1) is 17.6 Å². The maximum absolute atomic E-state index is 14.4. The van der Waals surface area contributed by atoms with Gasteiger partial charge in [-0.3, -0.25) is 24.6 Å². The standard InChI is InChI=1S/C43H52F2N10O5/c1-4-43-23-46-38-35(20-33(48-49-38)31-17-28(44)18-32(45)37(31)57)54(43)16-14-52(25-43)41(60)55-15-13-50(24-42(55,2)3)21-26-9-11-51(12-10-26)29-6-5-27-22-53(40(59)30(27)19-29)34-7-8-36(56)47-39(34)58/h5-6,17-20,26,34,57H,4,7-16,21-25H2,1-3H3,(H,46,49)(H,47,56,58)/t34-,43+/m0/s1. The normalized spacial score (nSPS) is 24.5.